The quantitative estimate of drug-likeness (QED) is 0.724. The molecule has 0 saturated carbocycles. The molecule has 0 amide bonds. The fourth-order valence-electron chi connectivity index (χ4n) is 1.48. The van der Waals surface area contributed by atoms with E-state index in [0.717, 1.165) is 5.69 Å². The van der Waals surface area contributed by atoms with Crippen LogP contribution >= 0.6 is 0 Å². The molecule has 72 valence electrons. The Hall–Kier alpha value is -1.02. The highest BCUT2D eigenvalue weighted by Crippen LogP contribution is 2.25. The maximum Gasteiger partial charge on any atom is 0.0844 e. The molecule has 0 saturated heterocycles. The van der Waals surface area contributed by atoms with Crippen LogP contribution in [0.5, 0.6) is 0 Å². The number of rotatable bonds is 3. The van der Waals surface area contributed by atoms with E-state index in [2.05, 4.69) is 13.8 Å². The van der Waals surface area contributed by atoms with Crippen LogP contribution in [0.2, 0.25) is 0 Å². The molecule has 0 spiro atoms. The molecule has 0 aliphatic heterocycles. The van der Waals surface area contributed by atoms with Crippen LogP contribution in [0, 0.1) is 5.92 Å². The van der Waals surface area contributed by atoms with Gasteiger partial charge in [-0.05, 0) is 23.6 Å². The molecule has 13 heavy (non-hydrogen) atoms. The van der Waals surface area contributed by atoms with Crippen molar-refractivity contribution < 1.29 is 4.74 Å². The van der Waals surface area contributed by atoms with Crippen molar-refractivity contribution in [2.45, 2.75) is 20.0 Å². The highest BCUT2D eigenvalue weighted by Gasteiger charge is 2.13. The smallest absolute Gasteiger partial charge is 0.0844 e. The van der Waals surface area contributed by atoms with Gasteiger partial charge in [0.15, 0.2) is 0 Å². The fourth-order valence-corrected chi connectivity index (χ4v) is 1.48. The largest absolute Gasteiger partial charge is 0.399 e. The van der Waals surface area contributed by atoms with E-state index >= 15 is 0 Å². The normalized spacial score (nSPS) is 13.2. The van der Waals surface area contributed by atoms with E-state index in [1.165, 1.54) is 5.56 Å². The van der Waals surface area contributed by atoms with E-state index < -0.39 is 0 Å². The summed E-state index contributed by atoms with van der Waals surface area (Å²) in [5.74, 6) is 0.480. The molecule has 1 rings (SSSR count). The van der Waals surface area contributed by atoms with Crippen molar-refractivity contribution in [1.29, 1.82) is 0 Å². The minimum absolute atomic E-state index is 0.167. The summed E-state index contributed by atoms with van der Waals surface area (Å²) >= 11 is 0. The molecule has 2 N–H and O–H groups in total. The Balaban J connectivity index is 2.86. The van der Waals surface area contributed by atoms with E-state index in [-0.39, 0.29) is 6.10 Å². The first-order valence-corrected chi connectivity index (χ1v) is 4.53. The number of hydrogen-bond acceptors (Lipinski definition) is 2. The van der Waals surface area contributed by atoms with Crippen molar-refractivity contribution in [2.24, 2.45) is 5.92 Å². The Labute approximate surface area is 79.7 Å². The minimum atomic E-state index is 0.167. The van der Waals surface area contributed by atoms with E-state index in [1.807, 2.05) is 24.3 Å². The summed E-state index contributed by atoms with van der Waals surface area (Å²) < 4.78 is 5.40. The highest BCUT2D eigenvalue weighted by molar-refractivity contribution is 5.39. The zero-order valence-electron chi connectivity index (χ0n) is 8.45. The maximum atomic E-state index is 5.60. The van der Waals surface area contributed by atoms with E-state index in [1.54, 1.807) is 7.11 Å². The summed E-state index contributed by atoms with van der Waals surface area (Å²) in [5.41, 5.74) is 7.58. The first-order chi connectivity index (χ1) is 6.15. The van der Waals surface area contributed by atoms with Gasteiger partial charge in [-0.2, -0.15) is 0 Å². The lowest BCUT2D eigenvalue weighted by Crippen LogP contribution is -2.08. The summed E-state index contributed by atoms with van der Waals surface area (Å²) in [6, 6.07) is 7.85. The van der Waals surface area contributed by atoms with Crippen molar-refractivity contribution in [3.63, 3.8) is 0 Å². The lowest BCUT2D eigenvalue weighted by molar-refractivity contribution is 0.0646. The second-order valence-electron chi connectivity index (χ2n) is 3.57. The van der Waals surface area contributed by atoms with Crippen LogP contribution in [-0.4, -0.2) is 7.11 Å². The Morgan fingerprint density at radius 2 is 1.69 bits per heavy atom. The molecule has 1 atom stereocenters. The lowest BCUT2D eigenvalue weighted by atomic mass is 9.99. The zero-order chi connectivity index (χ0) is 9.84. The van der Waals surface area contributed by atoms with E-state index in [9.17, 15) is 0 Å². The average Bonchev–Trinajstić information content (AvgIpc) is 2.09. The van der Waals surface area contributed by atoms with Crippen LogP contribution in [0.3, 0.4) is 0 Å². The monoisotopic (exact) mass is 179 g/mol. The molecule has 0 heterocycles. The maximum absolute atomic E-state index is 5.60. The standard InChI is InChI=1S/C11H17NO/c1-8(2)11(13-3)9-4-6-10(12)7-5-9/h4-8,11H,12H2,1-3H3/t11-/m1/s1. The highest BCUT2D eigenvalue weighted by atomic mass is 16.5. The van der Waals surface area contributed by atoms with Crippen molar-refractivity contribution >= 4 is 5.69 Å². The number of nitrogens with two attached hydrogens (primary N) is 1. The Kier molecular flexibility index (Phi) is 3.32. The third kappa shape index (κ3) is 2.46. The summed E-state index contributed by atoms with van der Waals surface area (Å²) in [5, 5.41) is 0. The zero-order valence-corrected chi connectivity index (χ0v) is 8.45. The van der Waals surface area contributed by atoms with Crippen LogP contribution in [0.1, 0.15) is 25.5 Å². The Morgan fingerprint density at radius 3 is 2.08 bits per heavy atom. The van der Waals surface area contributed by atoms with Crippen LogP contribution in [0.25, 0.3) is 0 Å². The topological polar surface area (TPSA) is 35.2 Å². The van der Waals surface area contributed by atoms with Gasteiger partial charge in [0.1, 0.15) is 0 Å². The molecule has 2 nitrogen and oxygen atoms in total. The number of nitrogen functional groups attached to an aromatic ring is 1. The molecular weight excluding hydrogens is 162 g/mol. The number of hydrogen-bond donors (Lipinski definition) is 1. The molecule has 1 aromatic rings. The Bertz CT molecular complexity index is 253. The SMILES string of the molecule is CO[C@@H](c1ccc(N)cc1)C(C)C. The van der Waals surface area contributed by atoms with E-state index in [4.69, 9.17) is 10.5 Å². The van der Waals surface area contributed by atoms with Gasteiger partial charge in [0.25, 0.3) is 0 Å². The van der Waals surface area contributed by atoms with Crippen LogP contribution in [0.4, 0.5) is 5.69 Å². The fraction of sp³-hybridized carbons (Fsp3) is 0.455. The number of benzene rings is 1. The second kappa shape index (κ2) is 4.28. The first-order valence-electron chi connectivity index (χ1n) is 4.53. The molecule has 0 aromatic heterocycles. The molecule has 0 unspecified atom stereocenters. The van der Waals surface area contributed by atoms with Gasteiger partial charge >= 0.3 is 0 Å². The van der Waals surface area contributed by atoms with Crippen LogP contribution in [0.15, 0.2) is 24.3 Å². The number of anilines is 1. The summed E-state index contributed by atoms with van der Waals surface area (Å²) in [7, 11) is 1.74. The summed E-state index contributed by atoms with van der Waals surface area (Å²) in [6.07, 6.45) is 0.167. The van der Waals surface area contributed by atoms with Crippen molar-refractivity contribution in [3.8, 4) is 0 Å². The minimum Gasteiger partial charge on any atom is -0.399 e. The van der Waals surface area contributed by atoms with Crippen LogP contribution < -0.4 is 5.73 Å². The number of methoxy groups -OCH3 is 1. The predicted octanol–water partition coefficient (Wildman–Crippen LogP) is 2.61. The van der Waals surface area contributed by atoms with Gasteiger partial charge in [-0.1, -0.05) is 26.0 Å². The molecule has 0 bridgehead atoms. The van der Waals surface area contributed by atoms with Gasteiger partial charge in [-0.25, -0.2) is 0 Å². The van der Waals surface area contributed by atoms with Crippen LogP contribution in [-0.2, 0) is 4.74 Å². The molecule has 0 aliphatic carbocycles. The molecule has 0 radical (unpaired) electrons. The molecule has 0 aliphatic rings. The lowest BCUT2D eigenvalue weighted by Gasteiger charge is -2.19. The van der Waals surface area contributed by atoms with Gasteiger partial charge in [0.05, 0.1) is 6.10 Å². The Morgan fingerprint density at radius 1 is 1.15 bits per heavy atom. The molecule has 2 heteroatoms. The van der Waals surface area contributed by atoms with Crippen molar-refractivity contribution in [1.82, 2.24) is 0 Å². The van der Waals surface area contributed by atoms with Crippen molar-refractivity contribution in [2.75, 3.05) is 12.8 Å². The third-order valence-electron chi connectivity index (χ3n) is 2.12. The first kappa shape index (κ1) is 10.1. The average molecular weight is 179 g/mol. The number of ether oxygens (including phenoxy) is 1. The van der Waals surface area contributed by atoms with Gasteiger partial charge in [0, 0.05) is 12.8 Å². The third-order valence-corrected chi connectivity index (χ3v) is 2.12. The van der Waals surface area contributed by atoms with Gasteiger partial charge < -0.3 is 10.5 Å². The van der Waals surface area contributed by atoms with Crippen molar-refractivity contribution in [3.05, 3.63) is 29.8 Å². The molecule has 0 fully saturated rings. The summed E-state index contributed by atoms with van der Waals surface area (Å²) in [4.78, 5) is 0. The predicted molar refractivity (Wildman–Crippen MR) is 55.4 cm³/mol. The molecular formula is C11H17NO. The van der Waals surface area contributed by atoms with Gasteiger partial charge in [0.2, 0.25) is 0 Å². The molecule has 1 aromatic carbocycles. The van der Waals surface area contributed by atoms with Gasteiger partial charge in [-0.3, -0.25) is 0 Å². The van der Waals surface area contributed by atoms with Gasteiger partial charge in [-0.15, -0.1) is 0 Å². The summed E-state index contributed by atoms with van der Waals surface area (Å²) in [6.45, 7) is 4.29. The second-order valence-corrected chi connectivity index (χ2v) is 3.57. The van der Waals surface area contributed by atoms with E-state index in [0.29, 0.717) is 5.92 Å².